The maximum atomic E-state index is 13.9. The summed E-state index contributed by atoms with van der Waals surface area (Å²) in [6, 6.07) is 6.98. The molecule has 0 amide bonds. The lowest BCUT2D eigenvalue weighted by molar-refractivity contribution is -0.137. The van der Waals surface area contributed by atoms with E-state index < -0.39 is 29.1 Å². The van der Waals surface area contributed by atoms with E-state index in [1.807, 2.05) is 0 Å². The first-order valence-corrected chi connectivity index (χ1v) is 6.55. The maximum Gasteiger partial charge on any atom is 0.418 e. The Balaban J connectivity index is 2.59. The monoisotopic (exact) mass is 365 g/mol. The summed E-state index contributed by atoms with van der Waals surface area (Å²) >= 11 is 3.20. The van der Waals surface area contributed by atoms with Gasteiger partial charge in [0.05, 0.1) is 11.3 Å². The van der Waals surface area contributed by atoms with Gasteiger partial charge < -0.3 is 4.90 Å². The third kappa shape index (κ3) is 3.34. The predicted octanol–water partition coefficient (Wildman–Crippen LogP) is 5.51. The fourth-order valence-corrected chi connectivity index (χ4v) is 2.18. The van der Waals surface area contributed by atoms with Gasteiger partial charge in [0.25, 0.3) is 0 Å². The topological polar surface area (TPSA) is 3.24 Å². The summed E-state index contributed by atoms with van der Waals surface area (Å²) in [5.74, 6) is -2.54. The zero-order valence-electron chi connectivity index (χ0n) is 10.7. The van der Waals surface area contributed by atoms with E-state index in [-0.39, 0.29) is 6.07 Å². The van der Waals surface area contributed by atoms with Crippen LogP contribution in [-0.2, 0) is 6.18 Å². The molecule has 0 saturated heterocycles. The molecule has 0 aliphatic rings. The van der Waals surface area contributed by atoms with Gasteiger partial charge in [0.2, 0.25) is 0 Å². The van der Waals surface area contributed by atoms with Crippen LogP contribution < -0.4 is 4.90 Å². The lowest BCUT2D eigenvalue weighted by Crippen LogP contribution is -2.18. The molecule has 0 fully saturated rings. The molecule has 0 atom stereocenters. The van der Waals surface area contributed by atoms with E-state index in [0.29, 0.717) is 11.8 Å². The molecule has 2 rings (SSSR count). The molecule has 0 heterocycles. The summed E-state index contributed by atoms with van der Waals surface area (Å²) in [6.45, 7) is 0. The highest BCUT2D eigenvalue weighted by Gasteiger charge is 2.37. The molecule has 7 heteroatoms. The van der Waals surface area contributed by atoms with Gasteiger partial charge in [0.1, 0.15) is 11.6 Å². The van der Waals surface area contributed by atoms with Gasteiger partial charge in [0, 0.05) is 23.3 Å². The molecule has 2 aromatic rings. The van der Waals surface area contributed by atoms with E-state index in [4.69, 9.17) is 0 Å². The average Bonchev–Trinajstić information content (AvgIpc) is 2.37. The summed E-state index contributed by atoms with van der Waals surface area (Å²) in [7, 11) is 1.29. The van der Waals surface area contributed by atoms with E-state index in [1.54, 1.807) is 12.1 Å². The first-order valence-electron chi connectivity index (χ1n) is 5.75. The molecule has 0 saturated carbocycles. The first-order chi connectivity index (χ1) is 9.70. The zero-order valence-corrected chi connectivity index (χ0v) is 12.3. The van der Waals surface area contributed by atoms with Crippen molar-refractivity contribution in [3.63, 3.8) is 0 Å². The molecule has 0 aromatic heterocycles. The zero-order chi connectivity index (χ0) is 15.8. The maximum absolute atomic E-state index is 13.9. The fraction of sp³-hybridized carbons (Fsp3) is 0.143. The van der Waals surface area contributed by atoms with Crippen molar-refractivity contribution in [2.45, 2.75) is 6.18 Å². The van der Waals surface area contributed by atoms with Crippen LogP contribution >= 0.6 is 15.9 Å². The lowest BCUT2D eigenvalue weighted by Gasteiger charge is -2.24. The van der Waals surface area contributed by atoms with Gasteiger partial charge in [-0.1, -0.05) is 15.9 Å². The summed E-state index contributed by atoms with van der Waals surface area (Å²) in [5.41, 5.74) is -1.73. The highest BCUT2D eigenvalue weighted by Crippen LogP contribution is 2.40. The van der Waals surface area contributed by atoms with Crippen LogP contribution in [0.4, 0.5) is 33.3 Å². The van der Waals surface area contributed by atoms with Crippen molar-refractivity contribution in [2.75, 3.05) is 11.9 Å². The largest absolute Gasteiger partial charge is 0.418 e. The fourth-order valence-electron chi connectivity index (χ4n) is 1.92. The molecule has 0 bridgehead atoms. The van der Waals surface area contributed by atoms with E-state index >= 15 is 0 Å². The molecule has 2 aromatic carbocycles. The molecule has 0 N–H and O–H groups in total. The number of benzene rings is 2. The molecule has 0 unspecified atom stereocenters. The smallest absolute Gasteiger partial charge is 0.342 e. The van der Waals surface area contributed by atoms with E-state index in [9.17, 15) is 22.0 Å². The second kappa shape index (κ2) is 5.63. The van der Waals surface area contributed by atoms with Gasteiger partial charge in [-0.05, 0) is 30.3 Å². The molecule has 21 heavy (non-hydrogen) atoms. The Bertz CT molecular complexity index is 652. The SMILES string of the molecule is CN(c1ccc(Br)cc1)c1c(F)cc(F)cc1C(F)(F)F. The number of anilines is 2. The Morgan fingerprint density at radius 1 is 1.00 bits per heavy atom. The van der Waals surface area contributed by atoms with Gasteiger partial charge in [-0.25, -0.2) is 8.78 Å². The number of alkyl halides is 3. The number of rotatable bonds is 2. The molecular formula is C14H9BrF5N. The van der Waals surface area contributed by atoms with Gasteiger partial charge in [-0.2, -0.15) is 13.2 Å². The van der Waals surface area contributed by atoms with Crippen molar-refractivity contribution in [3.8, 4) is 0 Å². The Hall–Kier alpha value is -1.63. The van der Waals surface area contributed by atoms with E-state index in [1.165, 1.54) is 19.2 Å². The molecule has 0 spiro atoms. The Morgan fingerprint density at radius 3 is 2.10 bits per heavy atom. The van der Waals surface area contributed by atoms with Crippen molar-refractivity contribution < 1.29 is 22.0 Å². The predicted molar refractivity (Wildman–Crippen MR) is 73.6 cm³/mol. The second-order valence-corrected chi connectivity index (χ2v) is 5.23. The molecule has 0 radical (unpaired) electrons. The third-order valence-electron chi connectivity index (χ3n) is 2.88. The minimum absolute atomic E-state index is 0.285. The highest BCUT2D eigenvalue weighted by atomic mass is 79.9. The van der Waals surface area contributed by atoms with Crippen LogP contribution in [0.15, 0.2) is 40.9 Å². The molecule has 0 aliphatic carbocycles. The van der Waals surface area contributed by atoms with Gasteiger partial charge in [0.15, 0.2) is 0 Å². The molecule has 1 nitrogen and oxygen atoms in total. The Kier molecular flexibility index (Phi) is 4.22. The lowest BCUT2D eigenvalue weighted by atomic mass is 10.1. The van der Waals surface area contributed by atoms with E-state index in [2.05, 4.69) is 15.9 Å². The van der Waals surface area contributed by atoms with Crippen molar-refractivity contribution >= 4 is 27.3 Å². The number of nitrogens with zero attached hydrogens (tertiary/aromatic N) is 1. The first kappa shape index (κ1) is 15.8. The minimum Gasteiger partial charge on any atom is -0.342 e. The van der Waals surface area contributed by atoms with Crippen LogP contribution in [0.1, 0.15) is 5.56 Å². The van der Waals surface area contributed by atoms with Crippen LogP contribution in [0, 0.1) is 11.6 Å². The Morgan fingerprint density at radius 2 is 1.57 bits per heavy atom. The average molecular weight is 366 g/mol. The van der Waals surface area contributed by atoms with Crippen molar-refractivity contribution in [3.05, 3.63) is 58.1 Å². The van der Waals surface area contributed by atoms with Gasteiger partial charge in [-0.15, -0.1) is 0 Å². The summed E-state index contributed by atoms with van der Waals surface area (Å²) < 4.78 is 66.6. The van der Waals surface area contributed by atoms with E-state index in [0.717, 1.165) is 9.37 Å². The van der Waals surface area contributed by atoms with Gasteiger partial charge in [-0.3, -0.25) is 0 Å². The second-order valence-electron chi connectivity index (χ2n) is 4.32. The van der Waals surface area contributed by atoms with Crippen molar-refractivity contribution in [2.24, 2.45) is 0 Å². The van der Waals surface area contributed by atoms with Gasteiger partial charge >= 0.3 is 6.18 Å². The minimum atomic E-state index is -4.86. The summed E-state index contributed by atoms with van der Waals surface area (Å²) in [5, 5.41) is 0. The molecule has 112 valence electrons. The molecular weight excluding hydrogens is 357 g/mol. The van der Waals surface area contributed by atoms with Crippen LogP contribution in [0.25, 0.3) is 0 Å². The Labute approximate surface area is 126 Å². The van der Waals surface area contributed by atoms with Crippen molar-refractivity contribution in [1.29, 1.82) is 0 Å². The van der Waals surface area contributed by atoms with Crippen LogP contribution in [-0.4, -0.2) is 7.05 Å². The van der Waals surface area contributed by atoms with Crippen molar-refractivity contribution in [1.82, 2.24) is 0 Å². The van der Waals surface area contributed by atoms with Crippen LogP contribution in [0.3, 0.4) is 0 Å². The normalized spacial score (nSPS) is 11.6. The number of hydrogen-bond donors (Lipinski definition) is 0. The summed E-state index contributed by atoms with van der Waals surface area (Å²) in [4.78, 5) is 1.03. The number of halogens is 6. The standard InChI is InChI=1S/C14H9BrF5N/c1-21(10-4-2-8(15)3-5-10)13-11(14(18,19)20)6-9(16)7-12(13)17/h2-7H,1H3. The highest BCUT2D eigenvalue weighted by molar-refractivity contribution is 9.10. The third-order valence-corrected chi connectivity index (χ3v) is 3.41. The summed E-state index contributed by atoms with van der Waals surface area (Å²) in [6.07, 6.45) is -4.86. The molecule has 0 aliphatic heterocycles. The van der Waals surface area contributed by atoms with Crippen LogP contribution in [0.2, 0.25) is 0 Å². The number of hydrogen-bond acceptors (Lipinski definition) is 1. The quantitative estimate of drug-likeness (QED) is 0.634. The van der Waals surface area contributed by atoms with Crippen LogP contribution in [0.5, 0.6) is 0 Å².